The molecule has 0 aromatic heterocycles. The summed E-state index contributed by atoms with van der Waals surface area (Å²) < 4.78 is 5.28. The molecule has 0 radical (unpaired) electrons. The van der Waals surface area contributed by atoms with Crippen LogP contribution in [-0.4, -0.2) is 12.1 Å². The Morgan fingerprint density at radius 1 is 1.71 bits per heavy atom. The summed E-state index contributed by atoms with van der Waals surface area (Å²) in [6.45, 7) is 1.61. The van der Waals surface area contributed by atoms with Crippen molar-refractivity contribution in [1.29, 1.82) is 5.41 Å². The molecule has 0 aromatic carbocycles. The van der Waals surface area contributed by atoms with Gasteiger partial charge in [0.2, 0.25) is 0 Å². The third-order valence-corrected chi connectivity index (χ3v) is 1.77. The highest BCUT2D eigenvalue weighted by atomic mass is 16.5. The van der Waals surface area contributed by atoms with Crippen molar-refractivity contribution in [2.45, 2.75) is 13.3 Å². The smallest absolute Gasteiger partial charge is 0.284 e. The minimum atomic E-state index is -0.654. The molecule has 1 aliphatic carbocycles. The summed E-state index contributed by atoms with van der Waals surface area (Å²) >= 11 is 0. The number of nitrogens with two attached hydrogens (primary N) is 1. The van der Waals surface area contributed by atoms with Crippen molar-refractivity contribution >= 4 is 12.1 Å². The molecule has 0 aromatic rings. The van der Waals surface area contributed by atoms with Gasteiger partial charge in [-0.2, -0.15) is 0 Å². The number of rotatable bonds is 4. The van der Waals surface area contributed by atoms with E-state index in [0.29, 0.717) is 17.8 Å². The molecule has 1 amide bonds. The number of hydrogen-bond acceptors (Lipinski definition) is 3. The number of ether oxygens (including phenoxy) is 1. The molecular weight excluding hydrogens is 180 g/mol. The van der Waals surface area contributed by atoms with Crippen LogP contribution in [0.3, 0.4) is 0 Å². The number of amides is 1. The fourth-order valence-electron chi connectivity index (χ4n) is 1.03. The first-order chi connectivity index (χ1) is 6.65. The lowest BCUT2D eigenvalue weighted by atomic mass is 10.2. The van der Waals surface area contributed by atoms with Crippen LogP contribution in [0.5, 0.6) is 0 Å². The van der Waals surface area contributed by atoms with Gasteiger partial charge in [-0.3, -0.25) is 4.79 Å². The maximum absolute atomic E-state index is 11.0. The van der Waals surface area contributed by atoms with Crippen molar-refractivity contribution in [2.24, 2.45) is 5.73 Å². The molecule has 0 bridgehead atoms. The van der Waals surface area contributed by atoms with E-state index in [1.54, 1.807) is 13.0 Å². The van der Waals surface area contributed by atoms with Crippen molar-refractivity contribution in [3.05, 3.63) is 35.3 Å². The Labute approximate surface area is 82.2 Å². The maximum Gasteiger partial charge on any atom is 0.284 e. The van der Waals surface area contributed by atoms with Crippen molar-refractivity contribution < 1.29 is 9.53 Å². The van der Waals surface area contributed by atoms with Gasteiger partial charge >= 0.3 is 0 Å². The van der Waals surface area contributed by atoms with Crippen LogP contribution in [0, 0.1) is 5.41 Å². The van der Waals surface area contributed by atoms with Gasteiger partial charge in [0.25, 0.3) is 5.91 Å². The van der Waals surface area contributed by atoms with Crippen LogP contribution >= 0.6 is 0 Å². The Hall–Kier alpha value is -1.84. The van der Waals surface area contributed by atoms with E-state index < -0.39 is 5.91 Å². The third kappa shape index (κ3) is 2.32. The maximum atomic E-state index is 11.0. The zero-order valence-electron chi connectivity index (χ0n) is 7.91. The van der Waals surface area contributed by atoms with Crippen LogP contribution in [0.25, 0.3) is 0 Å². The van der Waals surface area contributed by atoms with Gasteiger partial charge in [0.1, 0.15) is 5.76 Å². The van der Waals surface area contributed by atoms with Crippen molar-refractivity contribution in [1.82, 2.24) is 0 Å². The lowest BCUT2D eigenvalue weighted by molar-refractivity contribution is -0.117. The summed E-state index contributed by atoms with van der Waals surface area (Å²) in [6, 6.07) is 0. The molecule has 0 unspecified atom stereocenters. The molecule has 0 aliphatic heterocycles. The van der Waals surface area contributed by atoms with Gasteiger partial charge in [-0.1, -0.05) is 12.2 Å². The normalized spacial score (nSPS) is 15.9. The summed E-state index contributed by atoms with van der Waals surface area (Å²) in [5.74, 6) is 0.0498. The molecule has 0 saturated carbocycles. The second-order valence-corrected chi connectivity index (χ2v) is 2.89. The molecule has 0 fully saturated rings. The number of carbonyl (C=O) groups excluding carboxylic acids is 1. The summed E-state index contributed by atoms with van der Waals surface area (Å²) in [5, 5.41) is 7.00. The number of allylic oxidation sites excluding steroid dienone is 4. The highest BCUT2D eigenvalue weighted by Gasteiger charge is 2.12. The van der Waals surface area contributed by atoms with Gasteiger partial charge in [-0.15, -0.1) is 0 Å². The average molecular weight is 192 g/mol. The Bertz CT molecular complexity index is 351. The Balaban J connectivity index is 2.80. The molecule has 1 rings (SSSR count). The predicted octanol–water partition coefficient (Wildman–Crippen LogP) is 1.26. The Morgan fingerprint density at radius 2 is 2.43 bits per heavy atom. The summed E-state index contributed by atoms with van der Waals surface area (Å²) in [5.41, 5.74) is 5.54. The Kier molecular flexibility index (Phi) is 3.23. The van der Waals surface area contributed by atoms with E-state index in [-0.39, 0.29) is 5.76 Å². The zero-order valence-corrected chi connectivity index (χ0v) is 7.91. The van der Waals surface area contributed by atoms with Crippen LogP contribution in [0.2, 0.25) is 0 Å². The Morgan fingerprint density at radius 3 is 2.86 bits per heavy atom. The summed E-state index contributed by atoms with van der Waals surface area (Å²) in [6.07, 6.45) is 7.21. The average Bonchev–Trinajstić information content (AvgIpc) is 2.65. The fraction of sp³-hybridized carbons (Fsp3) is 0.200. The van der Waals surface area contributed by atoms with E-state index in [1.165, 1.54) is 0 Å². The first-order valence-corrected chi connectivity index (χ1v) is 4.20. The van der Waals surface area contributed by atoms with E-state index in [1.807, 2.05) is 12.2 Å². The van der Waals surface area contributed by atoms with Gasteiger partial charge in [0.15, 0.2) is 5.76 Å². The number of carbonyl (C=O) groups is 1. The SMILES string of the molecule is C/C(C=N)=C(\OC1=CC=CC1)C(N)=O. The largest absolute Gasteiger partial charge is 0.455 e. The van der Waals surface area contributed by atoms with Crippen molar-refractivity contribution in [3.8, 4) is 0 Å². The molecule has 14 heavy (non-hydrogen) atoms. The van der Waals surface area contributed by atoms with Gasteiger partial charge in [0, 0.05) is 18.2 Å². The molecular formula is C10H12N2O2. The first kappa shape index (κ1) is 10.2. The van der Waals surface area contributed by atoms with Gasteiger partial charge < -0.3 is 15.9 Å². The molecule has 4 heteroatoms. The highest BCUT2D eigenvalue weighted by molar-refractivity contribution is 5.96. The molecule has 0 spiro atoms. The van der Waals surface area contributed by atoms with E-state index in [0.717, 1.165) is 6.21 Å². The zero-order chi connectivity index (χ0) is 10.6. The van der Waals surface area contributed by atoms with E-state index in [4.69, 9.17) is 15.9 Å². The van der Waals surface area contributed by atoms with Crippen LogP contribution in [0.4, 0.5) is 0 Å². The standard InChI is InChI=1S/C10H12N2O2/c1-7(6-11)9(10(12)13)14-8-4-2-3-5-8/h2-4,6,11H,5H2,1H3,(H2,12,13)/b9-7+,11-6?. The number of hydrogen-bond donors (Lipinski definition) is 2. The number of primary amides is 1. The monoisotopic (exact) mass is 192 g/mol. The van der Waals surface area contributed by atoms with E-state index in [9.17, 15) is 4.79 Å². The molecule has 0 saturated heterocycles. The van der Waals surface area contributed by atoms with Gasteiger partial charge in [0.05, 0.1) is 0 Å². The van der Waals surface area contributed by atoms with Crippen molar-refractivity contribution in [3.63, 3.8) is 0 Å². The van der Waals surface area contributed by atoms with Gasteiger partial charge in [-0.25, -0.2) is 0 Å². The molecule has 3 N–H and O–H groups in total. The summed E-state index contributed by atoms with van der Waals surface area (Å²) in [4.78, 5) is 11.0. The first-order valence-electron chi connectivity index (χ1n) is 4.20. The second-order valence-electron chi connectivity index (χ2n) is 2.89. The molecule has 0 heterocycles. The minimum absolute atomic E-state index is 0.0370. The quantitative estimate of drug-likeness (QED) is 0.399. The van der Waals surface area contributed by atoms with Crippen molar-refractivity contribution in [2.75, 3.05) is 0 Å². The fourth-order valence-corrected chi connectivity index (χ4v) is 1.03. The number of nitrogens with one attached hydrogen (secondary N) is 1. The highest BCUT2D eigenvalue weighted by Crippen LogP contribution is 2.17. The van der Waals surface area contributed by atoms with E-state index >= 15 is 0 Å². The lowest BCUT2D eigenvalue weighted by Gasteiger charge is -2.08. The molecule has 74 valence electrons. The predicted molar refractivity (Wildman–Crippen MR) is 53.6 cm³/mol. The second kappa shape index (κ2) is 4.41. The van der Waals surface area contributed by atoms with Crippen LogP contribution in [0.1, 0.15) is 13.3 Å². The summed E-state index contributed by atoms with van der Waals surface area (Å²) in [7, 11) is 0. The minimum Gasteiger partial charge on any atom is -0.455 e. The van der Waals surface area contributed by atoms with Crippen LogP contribution in [-0.2, 0) is 9.53 Å². The van der Waals surface area contributed by atoms with E-state index in [2.05, 4.69) is 0 Å². The van der Waals surface area contributed by atoms with Crippen LogP contribution in [0.15, 0.2) is 35.3 Å². The van der Waals surface area contributed by atoms with Crippen LogP contribution < -0.4 is 5.73 Å². The topological polar surface area (TPSA) is 76.2 Å². The molecule has 1 aliphatic rings. The third-order valence-electron chi connectivity index (χ3n) is 1.77. The molecule has 4 nitrogen and oxygen atoms in total. The van der Waals surface area contributed by atoms with Gasteiger partial charge in [-0.05, 0) is 13.0 Å². The molecule has 0 atom stereocenters. The lowest BCUT2D eigenvalue weighted by Crippen LogP contribution is -2.18.